The first-order valence-electron chi connectivity index (χ1n) is 6.72. The summed E-state index contributed by atoms with van der Waals surface area (Å²) < 4.78 is 1.76. The highest BCUT2D eigenvalue weighted by Crippen LogP contribution is 2.24. The molecule has 21 heavy (non-hydrogen) atoms. The molecule has 106 valence electrons. The lowest BCUT2D eigenvalue weighted by Gasteiger charge is -2.10. The first-order chi connectivity index (χ1) is 10.3. The molecule has 0 saturated heterocycles. The van der Waals surface area contributed by atoms with Gasteiger partial charge in [-0.15, -0.1) is 5.10 Å². The zero-order chi connectivity index (χ0) is 14.5. The van der Waals surface area contributed by atoms with E-state index >= 15 is 0 Å². The number of nitrogens with zero attached hydrogens (tertiary/aromatic N) is 5. The normalized spacial score (nSPS) is 12.2. The number of benzene rings is 1. The average molecular weight is 297 g/mol. The Morgan fingerprint density at radius 3 is 2.67 bits per heavy atom. The maximum atomic E-state index is 4.39. The van der Waals surface area contributed by atoms with Crippen LogP contribution >= 0.6 is 11.8 Å². The lowest BCUT2D eigenvalue weighted by Crippen LogP contribution is -2.02. The molecule has 0 aliphatic rings. The number of tetrazole rings is 1. The van der Waals surface area contributed by atoms with Gasteiger partial charge in [0.05, 0.1) is 5.69 Å². The number of hydrogen-bond acceptors (Lipinski definition) is 5. The first-order valence-corrected chi connectivity index (χ1v) is 7.70. The Kier molecular flexibility index (Phi) is 4.25. The molecule has 6 heteroatoms. The fraction of sp³-hybridized carbons (Fsp3) is 0.200. The molecule has 0 unspecified atom stereocenters. The standard InChI is InChI=1S/C15H15N5S/c1-12(14-9-5-6-10-16-14)11-21-15-17-18-19-20(15)13-7-3-2-4-8-13/h2-10,12H,11H2,1H3/t12-/m1/s1. The van der Waals surface area contributed by atoms with Gasteiger partial charge in [0, 0.05) is 23.6 Å². The van der Waals surface area contributed by atoms with Crippen molar-refractivity contribution in [1.82, 2.24) is 25.2 Å². The van der Waals surface area contributed by atoms with E-state index in [0.29, 0.717) is 5.92 Å². The molecule has 3 rings (SSSR count). The van der Waals surface area contributed by atoms with Crippen molar-refractivity contribution >= 4 is 11.8 Å². The number of thioether (sulfide) groups is 1. The maximum Gasteiger partial charge on any atom is 0.214 e. The van der Waals surface area contributed by atoms with Crippen LogP contribution in [0.2, 0.25) is 0 Å². The van der Waals surface area contributed by atoms with Gasteiger partial charge in [-0.25, -0.2) is 0 Å². The van der Waals surface area contributed by atoms with Gasteiger partial charge in [0.25, 0.3) is 0 Å². The molecule has 0 aliphatic carbocycles. The molecule has 2 heterocycles. The highest BCUT2D eigenvalue weighted by atomic mass is 32.2. The van der Waals surface area contributed by atoms with Crippen molar-refractivity contribution in [2.45, 2.75) is 18.0 Å². The van der Waals surface area contributed by atoms with Crippen LogP contribution in [0, 0.1) is 0 Å². The van der Waals surface area contributed by atoms with Crippen LogP contribution in [-0.4, -0.2) is 30.9 Å². The summed E-state index contributed by atoms with van der Waals surface area (Å²) in [7, 11) is 0. The quantitative estimate of drug-likeness (QED) is 0.678. The number of rotatable bonds is 5. The van der Waals surface area contributed by atoms with Crippen LogP contribution in [0.25, 0.3) is 5.69 Å². The van der Waals surface area contributed by atoms with E-state index in [2.05, 4.69) is 27.4 Å². The van der Waals surface area contributed by atoms with E-state index in [4.69, 9.17) is 0 Å². The van der Waals surface area contributed by atoms with Crippen LogP contribution in [-0.2, 0) is 0 Å². The lowest BCUT2D eigenvalue weighted by atomic mass is 10.1. The van der Waals surface area contributed by atoms with E-state index in [-0.39, 0.29) is 0 Å². The second-order valence-electron chi connectivity index (χ2n) is 4.68. The second kappa shape index (κ2) is 6.49. The van der Waals surface area contributed by atoms with Gasteiger partial charge in [0.1, 0.15) is 0 Å². The Labute approximate surface area is 127 Å². The number of hydrogen-bond donors (Lipinski definition) is 0. The number of aromatic nitrogens is 5. The minimum Gasteiger partial charge on any atom is -0.261 e. The fourth-order valence-electron chi connectivity index (χ4n) is 1.95. The maximum absolute atomic E-state index is 4.39. The molecule has 0 amide bonds. The van der Waals surface area contributed by atoms with Gasteiger partial charge < -0.3 is 0 Å². The van der Waals surface area contributed by atoms with Gasteiger partial charge in [-0.1, -0.05) is 43.0 Å². The van der Waals surface area contributed by atoms with E-state index in [1.54, 1.807) is 16.4 Å². The first kappa shape index (κ1) is 13.8. The highest BCUT2D eigenvalue weighted by molar-refractivity contribution is 7.99. The van der Waals surface area contributed by atoms with Crippen LogP contribution in [0.1, 0.15) is 18.5 Å². The van der Waals surface area contributed by atoms with E-state index in [0.717, 1.165) is 22.3 Å². The Hall–Kier alpha value is -2.21. The molecule has 2 aromatic heterocycles. The summed E-state index contributed by atoms with van der Waals surface area (Å²) in [5.41, 5.74) is 2.05. The molecular formula is C15H15N5S. The third kappa shape index (κ3) is 3.28. The Morgan fingerprint density at radius 1 is 1.10 bits per heavy atom. The molecule has 3 aromatic rings. The molecular weight excluding hydrogens is 282 g/mol. The summed E-state index contributed by atoms with van der Waals surface area (Å²) in [6.45, 7) is 2.16. The molecule has 0 spiro atoms. The monoisotopic (exact) mass is 297 g/mol. The van der Waals surface area contributed by atoms with Crippen LogP contribution in [0.15, 0.2) is 59.9 Å². The molecule has 1 aromatic carbocycles. The second-order valence-corrected chi connectivity index (χ2v) is 5.66. The predicted octanol–water partition coefficient (Wildman–Crippen LogP) is 2.95. The molecule has 0 bridgehead atoms. The predicted molar refractivity (Wildman–Crippen MR) is 82.5 cm³/mol. The van der Waals surface area contributed by atoms with Crippen molar-refractivity contribution in [2.75, 3.05) is 5.75 Å². The molecule has 0 N–H and O–H groups in total. The molecule has 1 atom stereocenters. The third-order valence-corrected chi connectivity index (χ3v) is 4.28. The van der Waals surface area contributed by atoms with Crippen molar-refractivity contribution in [1.29, 1.82) is 0 Å². The Bertz CT molecular complexity index is 684. The largest absolute Gasteiger partial charge is 0.261 e. The van der Waals surface area contributed by atoms with Crippen molar-refractivity contribution in [3.05, 3.63) is 60.4 Å². The van der Waals surface area contributed by atoms with E-state index < -0.39 is 0 Å². The highest BCUT2D eigenvalue weighted by Gasteiger charge is 2.12. The molecule has 5 nitrogen and oxygen atoms in total. The molecule has 0 fully saturated rings. The SMILES string of the molecule is C[C@H](CSc1nnnn1-c1ccccc1)c1ccccn1. The number of para-hydroxylation sites is 1. The summed E-state index contributed by atoms with van der Waals surface area (Å²) in [6, 6.07) is 15.9. The smallest absolute Gasteiger partial charge is 0.214 e. The Balaban J connectivity index is 1.71. The molecule has 0 radical (unpaired) electrons. The van der Waals surface area contributed by atoms with Gasteiger partial charge in [0.2, 0.25) is 5.16 Å². The molecule has 0 aliphatic heterocycles. The third-order valence-electron chi connectivity index (χ3n) is 3.10. The molecule has 0 saturated carbocycles. The van der Waals surface area contributed by atoms with Crippen LogP contribution < -0.4 is 0 Å². The van der Waals surface area contributed by atoms with E-state index in [9.17, 15) is 0 Å². The minimum atomic E-state index is 0.345. The minimum absolute atomic E-state index is 0.345. The topological polar surface area (TPSA) is 56.5 Å². The van der Waals surface area contributed by atoms with Gasteiger partial charge in [-0.05, 0) is 34.7 Å². The van der Waals surface area contributed by atoms with Crippen LogP contribution in [0.3, 0.4) is 0 Å². The van der Waals surface area contributed by atoms with Crippen molar-refractivity contribution < 1.29 is 0 Å². The van der Waals surface area contributed by atoms with Gasteiger partial charge in [-0.2, -0.15) is 4.68 Å². The van der Waals surface area contributed by atoms with Crippen molar-refractivity contribution in [3.63, 3.8) is 0 Å². The zero-order valence-electron chi connectivity index (χ0n) is 11.6. The van der Waals surface area contributed by atoms with Gasteiger partial charge in [-0.3, -0.25) is 4.98 Å². The summed E-state index contributed by atoms with van der Waals surface area (Å²) in [4.78, 5) is 4.39. The summed E-state index contributed by atoms with van der Waals surface area (Å²) in [5, 5.41) is 12.7. The van der Waals surface area contributed by atoms with Crippen molar-refractivity contribution in [2.24, 2.45) is 0 Å². The Morgan fingerprint density at radius 2 is 1.90 bits per heavy atom. The summed E-state index contributed by atoms with van der Waals surface area (Å²) in [5.74, 6) is 1.22. The summed E-state index contributed by atoms with van der Waals surface area (Å²) in [6.07, 6.45) is 1.82. The average Bonchev–Trinajstić information content (AvgIpc) is 3.03. The van der Waals surface area contributed by atoms with Gasteiger partial charge in [0.15, 0.2) is 0 Å². The van der Waals surface area contributed by atoms with Crippen LogP contribution in [0.4, 0.5) is 0 Å². The number of pyridine rings is 1. The van der Waals surface area contributed by atoms with Crippen LogP contribution in [0.5, 0.6) is 0 Å². The summed E-state index contributed by atoms with van der Waals surface area (Å²) >= 11 is 1.64. The van der Waals surface area contributed by atoms with Gasteiger partial charge >= 0.3 is 0 Å². The fourth-order valence-corrected chi connectivity index (χ4v) is 2.88. The van der Waals surface area contributed by atoms with Crippen molar-refractivity contribution in [3.8, 4) is 5.69 Å². The van der Waals surface area contributed by atoms with E-state index in [1.165, 1.54) is 0 Å². The van der Waals surface area contributed by atoms with E-state index in [1.807, 2.05) is 54.7 Å². The lowest BCUT2D eigenvalue weighted by molar-refractivity contribution is 0.754. The zero-order valence-corrected chi connectivity index (χ0v) is 12.4.